The molecule has 204 valence electrons. The van der Waals surface area contributed by atoms with Crippen molar-refractivity contribution in [2.75, 3.05) is 62.2 Å². The van der Waals surface area contributed by atoms with E-state index in [9.17, 15) is 13.2 Å². The van der Waals surface area contributed by atoms with Gasteiger partial charge in [-0.05, 0) is 87.7 Å². The largest absolute Gasteiger partial charge is 0.416 e. The molecular formula is C29H36F3N5S. The summed E-state index contributed by atoms with van der Waals surface area (Å²) in [5.41, 5.74) is 2.11. The van der Waals surface area contributed by atoms with Crippen LogP contribution in [0.15, 0.2) is 48.5 Å². The lowest BCUT2D eigenvalue weighted by atomic mass is 10.0. The van der Waals surface area contributed by atoms with Crippen LogP contribution in [0.25, 0.3) is 0 Å². The Kier molecular flexibility index (Phi) is 9.50. The van der Waals surface area contributed by atoms with E-state index in [0.29, 0.717) is 11.6 Å². The molecular weight excluding hydrogens is 507 g/mol. The van der Waals surface area contributed by atoms with Crippen LogP contribution in [0.1, 0.15) is 43.7 Å². The molecule has 0 N–H and O–H groups in total. The molecule has 0 atom stereocenters. The second kappa shape index (κ2) is 12.8. The number of benzene rings is 2. The van der Waals surface area contributed by atoms with Crippen LogP contribution in [0.3, 0.4) is 0 Å². The van der Waals surface area contributed by atoms with Crippen molar-refractivity contribution in [3.05, 3.63) is 59.7 Å². The number of halogens is 3. The monoisotopic (exact) mass is 543 g/mol. The van der Waals surface area contributed by atoms with Gasteiger partial charge in [0.2, 0.25) is 0 Å². The van der Waals surface area contributed by atoms with E-state index in [1.54, 1.807) is 12.1 Å². The average molecular weight is 544 g/mol. The van der Waals surface area contributed by atoms with Crippen LogP contribution in [0.2, 0.25) is 0 Å². The second-order valence-corrected chi connectivity index (χ2v) is 10.5. The van der Waals surface area contributed by atoms with Crippen LogP contribution >= 0.6 is 12.2 Å². The summed E-state index contributed by atoms with van der Waals surface area (Å²) in [5.74, 6) is 0. The number of anilines is 2. The van der Waals surface area contributed by atoms with Gasteiger partial charge >= 0.3 is 6.18 Å². The third-order valence-electron chi connectivity index (χ3n) is 7.72. The predicted molar refractivity (Wildman–Crippen MR) is 151 cm³/mol. The van der Waals surface area contributed by atoms with Gasteiger partial charge in [0.15, 0.2) is 0 Å². The molecule has 0 bridgehead atoms. The van der Waals surface area contributed by atoms with E-state index in [2.05, 4.69) is 32.6 Å². The molecule has 2 fully saturated rings. The fourth-order valence-corrected chi connectivity index (χ4v) is 5.84. The van der Waals surface area contributed by atoms with Gasteiger partial charge in [-0.2, -0.15) is 18.4 Å². The van der Waals surface area contributed by atoms with E-state index in [1.807, 2.05) is 24.3 Å². The molecule has 2 aromatic carbocycles. The number of thiocarbonyl (C=S) groups is 1. The fourth-order valence-electron chi connectivity index (χ4n) is 5.51. The summed E-state index contributed by atoms with van der Waals surface area (Å²) in [6.07, 6.45) is -0.229. The number of piperidine rings is 1. The van der Waals surface area contributed by atoms with E-state index < -0.39 is 11.7 Å². The van der Waals surface area contributed by atoms with Crippen molar-refractivity contribution < 1.29 is 13.2 Å². The molecule has 2 saturated heterocycles. The summed E-state index contributed by atoms with van der Waals surface area (Å²) in [4.78, 5) is 10.4. The van der Waals surface area contributed by atoms with Gasteiger partial charge in [0, 0.05) is 63.2 Å². The second-order valence-electron chi connectivity index (χ2n) is 10.0. The molecule has 2 heterocycles. The van der Waals surface area contributed by atoms with Crippen molar-refractivity contribution in [2.24, 2.45) is 0 Å². The van der Waals surface area contributed by atoms with Crippen LogP contribution in [-0.2, 0) is 6.18 Å². The lowest BCUT2D eigenvalue weighted by molar-refractivity contribution is -0.137. The number of piperazine rings is 1. The fraction of sp³-hybridized carbons (Fsp3) is 0.517. The molecule has 2 aliphatic rings. The maximum atomic E-state index is 12.8. The Morgan fingerprint density at radius 3 is 2.16 bits per heavy atom. The summed E-state index contributed by atoms with van der Waals surface area (Å²) in [6.45, 7) is 9.49. The quantitative estimate of drug-likeness (QED) is 0.392. The summed E-state index contributed by atoms with van der Waals surface area (Å²) in [7, 11) is 0. The summed E-state index contributed by atoms with van der Waals surface area (Å²) < 4.78 is 38.4. The molecule has 5 nitrogen and oxygen atoms in total. The molecule has 0 amide bonds. The Labute approximate surface area is 229 Å². The summed E-state index contributed by atoms with van der Waals surface area (Å²) >= 11 is 5.79. The van der Waals surface area contributed by atoms with Crippen molar-refractivity contribution in [1.29, 1.82) is 5.26 Å². The van der Waals surface area contributed by atoms with Gasteiger partial charge in [-0.1, -0.05) is 12.2 Å². The summed E-state index contributed by atoms with van der Waals surface area (Å²) in [5, 5.41) is 9.06. The van der Waals surface area contributed by atoms with Crippen molar-refractivity contribution >= 4 is 28.6 Å². The van der Waals surface area contributed by atoms with Crippen LogP contribution in [-0.4, -0.2) is 73.2 Å². The van der Waals surface area contributed by atoms with Crippen molar-refractivity contribution in [3.8, 4) is 6.07 Å². The first-order valence-electron chi connectivity index (χ1n) is 13.5. The van der Waals surface area contributed by atoms with Gasteiger partial charge in [0.25, 0.3) is 0 Å². The minimum atomic E-state index is -4.30. The van der Waals surface area contributed by atoms with Gasteiger partial charge in [-0.25, -0.2) is 0 Å². The number of nitriles is 1. The minimum absolute atomic E-state index is 0.480. The molecule has 4 rings (SSSR count). The van der Waals surface area contributed by atoms with Crippen molar-refractivity contribution in [2.45, 2.75) is 44.8 Å². The molecule has 0 aromatic heterocycles. The van der Waals surface area contributed by atoms with Gasteiger partial charge in [0.05, 0.1) is 22.2 Å². The zero-order valence-electron chi connectivity index (χ0n) is 22.0. The Balaban J connectivity index is 1.15. The molecule has 2 aliphatic heterocycles. The number of nitrogens with zero attached hydrogens (tertiary/aromatic N) is 5. The van der Waals surface area contributed by atoms with Crippen LogP contribution < -0.4 is 9.80 Å². The highest BCUT2D eigenvalue weighted by Crippen LogP contribution is 2.31. The smallest absolute Gasteiger partial charge is 0.369 e. The van der Waals surface area contributed by atoms with E-state index in [4.69, 9.17) is 17.5 Å². The third-order valence-corrected chi connectivity index (χ3v) is 8.19. The molecule has 0 radical (unpaired) electrons. The summed E-state index contributed by atoms with van der Waals surface area (Å²) in [6, 6.07) is 16.0. The first kappa shape index (κ1) is 28.2. The topological polar surface area (TPSA) is 36.8 Å². The number of alkyl halides is 3. The Morgan fingerprint density at radius 1 is 0.974 bits per heavy atom. The molecule has 9 heteroatoms. The Bertz CT molecular complexity index is 1080. The van der Waals surface area contributed by atoms with Gasteiger partial charge < -0.3 is 14.7 Å². The van der Waals surface area contributed by atoms with Crippen molar-refractivity contribution in [3.63, 3.8) is 0 Å². The normalized spacial score (nSPS) is 17.3. The van der Waals surface area contributed by atoms with Crippen LogP contribution in [0, 0.1) is 11.3 Å². The minimum Gasteiger partial charge on any atom is -0.369 e. The standard InChI is InChI=1S/C29H36F3N5S/c1-2-37(26-9-5-23(22-33)6-10-26)27-13-16-36(17-14-27)28(38)4-3-15-34-18-20-35(21-19-34)25-11-7-24(8-12-25)29(30,31)32/h5-12,27H,2-4,13-21H2,1H3. The maximum Gasteiger partial charge on any atom is 0.416 e. The number of hydrogen-bond acceptors (Lipinski definition) is 5. The third kappa shape index (κ3) is 7.17. The molecule has 38 heavy (non-hydrogen) atoms. The van der Waals surface area contributed by atoms with Gasteiger partial charge in [-0.3, -0.25) is 4.90 Å². The van der Waals surface area contributed by atoms with E-state index in [-0.39, 0.29) is 0 Å². The Hall–Kier alpha value is -2.83. The number of hydrogen-bond donors (Lipinski definition) is 0. The predicted octanol–water partition coefficient (Wildman–Crippen LogP) is 5.80. The molecule has 0 spiro atoms. The molecule has 0 aliphatic carbocycles. The first-order valence-corrected chi connectivity index (χ1v) is 13.9. The highest BCUT2D eigenvalue weighted by molar-refractivity contribution is 7.80. The van der Waals surface area contributed by atoms with E-state index in [0.717, 1.165) is 101 Å². The maximum absolute atomic E-state index is 12.8. The highest BCUT2D eigenvalue weighted by atomic mass is 32.1. The van der Waals surface area contributed by atoms with Crippen molar-refractivity contribution in [1.82, 2.24) is 9.80 Å². The number of likely N-dealkylation sites (tertiary alicyclic amines) is 1. The van der Waals surface area contributed by atoms with Gasteiger partial charge in [-0.15, -0.1) is 0 Å². The molecule has 2 aromatic rings. The molecule has 0 unspecified atom stereocenters. The lowest BCUT2D eigenvalue weighted by Crippen LogP contribution is -2.47. The first-order chi connectivity index (χ1) is 18.3. The number of rotatable bonds is 8. The van der Waals surface area contributed by atoms with E-state index in [1.165, 1.54) is 5.69 Å². The lowest BCUT2D eigenvalue weighted by Gasteiger charge is -2.40. The highest BCUT2D eigenvalue weighted by Gasteiger charge is 2.30. The molecule has 0 saturated carbocycles. The van der Waals surface area contributed by atoms with E-state index >= 15 is 0 Å². The Morgan fingerprint density at radius 2 is 1.61 bits per heavy atom. The van der Waals surface area contributed by atoms with Crippen LogP contribution in [0.5, 0.6) is 0 Å². The zero-order chi connectivity index (χ0) is 27.1. The van der Waals surface area contributed by atoms with Gasteiger partial charge in [0.1, 0.15) is 0 Å². The zero-order valence-corrected chi connectivity index (χ0v) is 22.8. The SMILES string of the molecule is CCN(c1ccc(C#N)cc1)C1CCN(C(=S)CCCN2CCN(c3ccc(C(F)(F)F)cc3)CC2)CC1. The van der Waals surface area contributed by atoms with Crippen LogP contribution in [0.4, 0.5) is 24.5 Å². The average Bonchev–Trinajstić information content (AvgIpc) is 2.94.